The van der Waals surface area contributed by atoms with Gasteiger partial charge in [0, 0.05) is 23.1 Å². The Balaban J connectivity index is 1.47. The van der Waals surface area contributed by atoms with E-state index < -0.39 is 0 Å². The summed E-state index contributed by atoms with van der Waals surface area (Å²) >= 11 is 1.61. The minimum atomic E-state index is -0.0340. The summed E-state index contributed by atoms with van der Waals surface area (Å²) in [6.07, 6.45) is 1.01. The minimum Gasteiger partial charge on any atom is -0.490 e. The first-order chi connectivity index (χ1) is 13.7. The van der Waals surface area contributed by atoms with Crippen LogP contribution in [0.1, 0.15) is 24.8 Å². The van der Waals surface area contributed by atoms with Crippen LogP contribution in [0, 0.1) is 6.92 Å². The largest absolute Gasteiger partial charge is 0.490 e. The van der Waals surface area contributed by atoms with Crippen molar-refractivity contribution in [1.82, 2.24) is 4.98 Å². The molecule has 0 spiro atoms. The second-order valence-corrected chi connectivity index (χ2v) is 7.27. The summed E-state index contributed by atoms with van der Waals surface area (Å²) in [5.74, 6) is 1.40. The Kier molecular flexibility index (Phi) is 7.03. The van der Waals surface area contributed by atoms with E-state index in [9.17, 15) is 4.79 Å². The van der Waals surface area contributed by atoms with Gasteiger partial charge >= 0.3 is 0 Å². The minimum absolute atomic E-state index is 0.0340. The third kappa shape index (κ3) is 5.57. The zero-order chi connectivity index (χ0) is 19.8. The summed E-state index contributed by atoms with van der Waals surface area (Å²) in [6.45, 7) is 4.96. The molecule has 146 valence electrons. The molecule has 1 aromatic heterocycles. The van der Waals surface area contributed by atoms with E-state index in [4.69, 9.17) is 9.47 Å². The van der Waals surface area contributed by atoms with Gasteiger partial charge < -0.3 is 14.8 Å². The van der Waals surface area contributed by atoms with Crippen molar-refractivity contribution >= 4 is 22.9 Å². The molecule has 0 unspecified atom stereocenters. The number of nitrogens with one attached hydrogen (secondary N) is 1. The number of thiazole rings is 1. The smallest absolute Gasteiger partial charge is 0.224 e. The van der Waals surface area contributed by atoms with Crippen LogP contribution in [-0.4, -0.2) is 24.1 Å². The molecule has 1 amide bonds. The molecule has 1 heterocycles. The number of aryl methyl sites for hydroxylation is 1. The molecule has 0 atom stereocenters. The number of ether oxygens (including phenoxy) is 2. The van der Waals surface area contributed by atoms with Crippen LogP contribution < -0.4 is 14.8 Å². The number of para-hydroxylation sites is 2. The van der Waals surface area contributed by atoms with E-state index in [1.165, 1.54) is 0 Å². The third-order valence-electron chi connectivity index (χ3n) is 4.02. The molecule has 0 saturated carbocycles. The van der Waals surface area contributed by atoms with E-state index in [1.54, 1.807) is 11.3 Å². The van der Waals surface area contributed by atoms with Crippen molar-refractivity contribution in [3.8, 4) is 22.8 Å². The third-order valence-corrected chi connectivity index (χ3v) is 4.79. The fraction of sp³-hybridized carbons (Fsp3) is 0.273. The van der Waals surface area contributed by atoms with Crippen molar-refractivity contribution in [1.29, 1.82) is 0 Å². The van der Waals surface area contributed by atoms with E-state index >= 15 is 0 Å². The predicted octanol–water partition coefficient (Wildman–Crippen LogP) is 5.31. The van der Waals surface area contributed by atoms with Crippen molar-refractivity contribution in [2.75, 3.05) is 18.5 Å². The lowest BCUT2D eigenvalue weighted by Crippen LogP contribution is -2.13. The quantitative estimate of drug-likeness (QED) is 0.498. The molecule has 5 nitrogen and oxygen atoms in total. The lowest BCUT2D eigenvalue weighted by atomic mass is 10.1. The van der Waals surface area contributed by atoms with Gasteiger partial charge in [-0.25, -0.2) is 4.98 Å². The fourth-order valence-corrected chi connectivity index (χ4v) is 3.36. The van der Waals surface area contributed by atoms with Crippen LogP contribution in [0.2, 0.25) is 0 Å². The van der Waals surface area contributed by atoms with Gasteiger partial charge in [0.05, 0.1) is 23.9 Å². The van der Waals surface area contributed by atoms with Crippen molar-refractivity contribution in [2.45, 2.75) is 26.7 Å². The average molecular weight is 397 g/mol. The number of benzene rings is 2. The Morgan fingerprint density at radius 1 is 1.11 bits per heavy atom. The number of rotatable bonds is 9. The van der Waals surface area contributed by atoms with Gasteiger partial charge in [-0.2, -0.15) is 0 Å². The normalized spacial score (nSPS) is 10.5. The average Bonchev–Trinajstić information content (AvgIpc) is 3.13. The van der Waals surface area contributed by atoms with E-state index in [0.717, 1.165) is 27.7 Å². The van der Waals surface area contributed by atoms with E-state index in [1.807, 2.05) is 67.8 Å². The Morgan fingerprint density at radius 3 is 2.61 bits per heavy atom. The molecular weight excluding hydrogens is 372 g/mol. The van der Waals surface area contributed by atoms with Crippen LogP contribution in [0.3, 0.4) is 0 Å². The fourth-order valence-electron chi connectivity index (χ4n) is 2.73. The predicted molar refractivity (Wildman–Crippen MR) is 113 cm³/mol. The molecule has 0 radical (unpaired) electrons. The van der Waals surface area contributed by atoms with Crippen LogP contribution in [0.4, 0.5) is 5.69 Å². The molecule has 3 aromatic rings. The second kappa shape index (κ2) is 9.90. The van der Waals surface area contributed by atoms with Gasteiger partial charge in [-0.1, -0.05) is 24.3 Å². The molecular formula is C22H24N2O3S. The zero-order valence-electron chi connectivity index (χ0n) is 16.1. The summed E-state index contributed by atoms with van der Waals surface area (Å²) in [7, 11) is 0. The van der Waals surface area contributed by atoms with Crippen molar-refractivity contribution in [2.24, 2.45) is 0 Å². The highest BCUT2D eigenvalue weighted by molar-refractivity contribution is 7.09. The van der Waals surface area contributed by atoms with Crippen LogP contribution in [0.25, 0.3) is 11.3 Å². The van der Waals surface area contributed by atoms with Gasteiger partial charge in [-0.05, 0) is 44.5 Å². The molecule has 0 aliphatic heterocycles. The van der Waals surface area contributed by atoms with Crippen LogP contribution in [0.15, 0.2) is 53.9 Å². The molecule has 6 heteroatoms. The molecule has 0 aliphatic rings. The van der Waals surface area contributed by atoms with E-state index in [0.29, 0.717) is 31.8 Å². The van der Waals surface area contributed by atoms with Crippen molar-refractivity contribution < 1.29 is 14.3 Å². The number of carbonyl (C=O) groups excluding carboxylic acids is 1. The van der Waals surface area contributed by atoms with Crippen LogP contribution in [-0.2, 0) is 4.79 Å². The highest BCUT2D eigenvalue weighted by atomic mass is 32.1. The summed E-state index contributed by atoms with van der Waals surface area (Å²) in [5, 5.41) is 5.99. The topological polar surface area (TPSA) is 60.5 Å². The first-order valence-corrected chi connectivity index (χ1v) is 10.2. The SMILES string of the molecule is CCOc1ccccc1OCCCC(=O)Nc1cccc(-c2csc(C)n2)c1. The number of carbonyl (C=O) groups is 1. The Hall–Kier alpha value is -2.86. The summed E-state index contributed by atoms with van der Waals surface area (Å²) < 4.78 is 11.3. The molecule has 0 bridgehead atoms. The number of aromatic nitrogens is 1. The number of amides is 1. The number of nitrogens with zero attached hydrogens (tertiary/aromatic N) is 1. The van der Waals surface area contributed by atoms with Crippen LogP contribution >= 0.6 is 11.3 Å². The van der Waals surface area contributed by atoms with Crippen molar-refractivity contribution in [3.05, 3.63) is 58.9 Å². The standard InChI is InChI=1S/C22H24N2O3S/c1-3-26-20-10-4-5-11-21(20)27-13-7-12-22(25)24-18-9-6-8-17(14-18)19-15-28-16(2)23-19/h4-6,8-11,14-15H,3,7,12-13H2,1-2H3,(H,24,25). The maximum Gasteiger partial charge on any atom is 0.224 e. The monoisotopic (exact) mass is 396 g/mol. The van der Waals surface area contributed by atoms with Crippen molar-refractivity contribution in [3.63, 3.8) is 0 Å². The first kappa shape index (κ1) is 19.9. The second-order valence-electron chi connectivity index (χ2n) is 6.21. The maximum absolute atomic E-state index is 12.2. The number of hydrogen-bond donors (Lipinski definition) is 1. The molecule has 1 N–H and O–H groups in total. The Bertz CT molecular complexity index is 923. The van der Waals surface area contributed by atoms with Gasteiger partial charge in [0.1, 0.15) is 0 Å². The van der Waals surface area contributed by atoms with Gasteiger partial charge in [0.15, 0.2) is 11.5 Å². The zero-order valence-corrected chi connectivity index (χ0v) is 16.9. The summed E-state index contributed by atoms with van der Waals surface area (Å²) in [5.41, 5.74) is 2.70. The Morgan fingerprint density at radius 2 is 1.89 bits per heavy atom. The van der Waals surface area contributed by atoms with Gasteiger partial charge in [0.2, 0.25) is 5.91 Å². The van der Waals surface area contributed by atoms with E-state index in [2.05, 4.69) is 10.3 Å². The highest BCUT2D eigenvalue weighted by Gasteiger charge is 2.07. The molecule has 0 fully saturated rings. The van der Waals surface area contributed by atoms with Gasteiger partial charge in [-0.3, -0.25) is 4.79 Å². The molecule has 28 heavy (non-hydrogen) atoms. The molecule has 0 saturated heterocycles. The van der Waals surface area contributed by atoms with Gasteiger partial charge in [0.25, 0.3) is 0 Å². The molecule has 2 aromatic carbocycles. The number of anilines is 1. The lowest BCUT2D eigenvalue weighted by molar-refractivity contribution is -0.116. The summed E-state index contributed by atoms with van der Waals surface area (Å²) in [6, 6.07) is 15.3. The highest BCUT2D eigenvalue weighted by Crippen LogP contribution is 2.27. The molecule has 0 aliphatic carbocycles. The van der Waals surface area contributed by atoms with Crippen LogP contribution in [0.5, 0.6) is 11.5 Å². The first-order valence-electron chi connectivity index (χ1n) is 9.32. The van der Waals surface area contributed by atoms with Gasteiger partial charge in [-0.15, -0.1) is 11.3 Å². The van der Waals surface area contributed by atoms with E-state index in [-0.39, 0.29) is 5.91 Å². The molecule has 3 rings (SSSR count). The Labute approximate surface area is 169 Å². The lowest BCUT2D eigenvalue weighted by Gasteiger charge is -2.11. The summed E-state index contributed by atoms with van der Waals surface area (Å²) in [4.78, 5) is 16.7. The number of hydrogen-bond acceptors (Lipinski definition) is 5. The maximum atomic E-state index is 12.2.